The molecule has 6 rings (SSSR count). The largest absolute Gasteiger partial charge is 0.377 e. The molecule has 14 heteroatoms. The highest BCUT2D eigenvalue weighted by Crippen LogP contribution is 2.45. The van der Waals surface area contributed by atoms with Crippen molar-refractivity contribution in [2.24, 2.45) is 18.9 Å². The fourth-order valence-corrected chi connectivity index (χ4v) is 5.34. The molecule has 0 aromatic carbocycles. The zero-order valence-electron chi connectivity index (χ0n) is 22.9. The molecule has 4 aromatic heterocycles. The molecule has 0 spiro atoms. The molecular weight excluding hydrogens is 530 g/mol. The zero-order chi connectivity index (χ0) is 28.8. The smallest absolute Gasteiger partial charge is 0.332 e. The number of anilines is 2. The van der Waals surface area contributed by atoms with Gasteiger partial charge in [0, 0.05) is 39.0 Å². The van der Waals surface area contributed by atoms with Gasteiger partial charge in [0.2, 0.25) is 5.91 Å². The average Bonchev–Trinajstić information content (AvgIpc) is 3.35. The van der Waals surface area contributed by atoms with E-state index < -0.39 is 35.5 Å². The van der Waals surface area contributed by atoms with Crippen LogP contribution in [0.5, 0.6) is 0 Å². The molecule has 1 aliphatic carbocycles. The first-order chi connectivity index (χ1) is 19.7. The van der Waals surface area contributed by atoms with Crippen molar-refractivity contribution >= 4 is 34.5 Å². The fourth-order valence-electron chi connectivity index (χ4n) is 5.34. The Kier molecular flexibility index (Phi) is 6.69. The van der Waals surface area contributed by atoms with E-state index in [1.165, 1.54) is 42.2 Å². The lowest BCUT2D eigenvalue weighted by molar-refractivity contribution is -0.123. The molecule has 1 aliphatic heterocycles. The second-order valence-corrected chi connectivity index (χ2v) is 10.5. The van der Waals surface area contributed by atoms with Gasteiger partial charge in [0.15, 0.2) is 22.8 Å². The fraction of sp³-hybridized carbons (Fsp3) is 0.407. The Morgan fingerprint density at radius 2 is 1.90 bits per heavy atom. The van der Waals surface area contributed by atoms with Gasteiger partial charge in [-0.3, -0.25) is 28.5 Å². The van der Waals surface area contributed by atoms with E-state index in [4.69, 9.17) is 4.74 Å². The van der Waals surface area contributed by atoms with Gasteiger partial charge in [0.1, 0.15) is 18.5 Å². The van der Waals surface area contributed by atoms with E-state index in [0.29, 0.717) is 5.69 Å². The van der Waals surface area contributed by atoms with Crippen LogP contribution in [0, 0.1) is 11.8 Å². The number of piperidine rings is 1. The molecule has 0 bridgehead atoms. The standard InChI is InChI=1S/C27H29N9O5/c1-15(36-14-30-24-23(36)26(39)35(27(40)33(24)2)12-19(37)13-41-3)25(38)32-21-9-28-8-20(31-21)16-4-5-22(29-7-16)34-10-17-6-18(17)11-34/h4-5,7-9,14-15,17-18H,6,10-13H2,1-3H3,(H,31,32,38)/t15-,17-,18?/m0/s1. The van der Waals surface area contributed by atoms with E-state index in [9.17, 15) is 19.2 Å². The van der Waals surface area contributed by atoms with Crippen LogP contribution in [0.4, 0.5) is 11.6 Å². The van der Waals surface area contributed by atoms with Crippen LogP contribution < -0.4 is 21.5 Å². The van der Waals surface area contributed by atoms with Crippen molar-refractivity contribution in [2.75, 3.05) is 37.0 Å². The Bertz CT molecular complexity index is 1760. The number of aromatic nitrogens is 7. The number of fused-ring (bicyclic) bond motifs is 2. The highest BCUT2D eigenvalue weighted by molar-refractivity contribution is 5.93. The van der Waals surface area contributed by atoms with Gasteiger partial charge >= 0.3 is 5.69 Å². The van der Waals surface area contributed by atoms with Crippen LogP contribution in [0.3, 0.4) is 0 Å². The summed E-state index contributed by atoms with van der Waals surface area (Å²) in [4.78, 5) is 71.2. The van der Waals surface area contributed by atoms with E-state index in [2.05, 4.69) is 30.2 Å². The van der Waals surface area contributed by atoms with Crippen LogP contribution >= 0.6 is 0 Å². The van der Waals surface area contributed by atoms with E-state index >= 15 is 0 Å². The lowest BCUT2D eigenvalue weighted by atomic mass is 10.2. The number of hydrogen-bond donors (Lipinski definition) is 1. The first kappa shape index (κ1) is 26.5. The summed E-state index contributed by atoms with van der Waals surface area (Å²) in [6.45, 7) is 2.99. The van der Waals surface area contributed by atoms with Crippen LogP contribution in [0.2, 0.25) is 0 Å². The molecule has 41 heavy (non-hydrogen) atoms. The molecular formula is C27H29N9O5. The molecule has 2 fully saturated rings. The molecule has 2 aliphatic rings. The number of aryl methyl sites for hydroxylation is 1. The number of rotatable bonds is 9. The molecule has 1 saturated heterocycles. The Balaban J connectivity index is 1.22. The number of amides is 1. The van der Waals surface area contributed by atoms with Gasteiger partial charge in [-0.2, -0.15) is 0 Å². The molecule has 1 saturated carbocycles. The number of pyridine rings is 1. The molecule has 1 amide bonds. The Morgan fingerprint density at radius 1 is 1.12 bits per heavy atom. The maximum absolute atomic E-state index is 13.3. The predicted molar refractivity (Wildman–Crippen MR) is 149 cm³/mol. The zero-order valence-corrected chi connectivity index (χ0v) is 22.9. The number of hydrogen-bond acceptors (Lipinski definition) is 10. The highest BCUT2D eigenvalue weighted by atomic mass is 16.5. The summed E-state index contributed by atoms with van der Waals surface area (Å²) >= 11 is 0. The van der Waals surface area contributed by atoms with E-state index in [-0.39, 0.29) is 23.6 Å². The highest BCUT2D eigenvalue weighted by Gasteiger charge is 2.45. The Morgan fingerprint density at radius 3 is 2.61 bits per heavy atom. The first-order valence-corrected chi connectivity index (χ1v) is 13.3. The minimum Gasteiger partial charge on any atom is -0.377 e. The van der Waals surface area contributed by atoms with Gasteiger partial charge in [-0.05, 0) is 37.3 Å². The van der Waals surface area contributed by atoms with E-state index in [1.54, 1.807) is 19.3 Å². The normalized spacial score (nSPS) is 18.4. The SMILES string of the molecule is COCC(=O)Cn1c(=O)c2c(ncn2[C@@H](C)C(=O)Nc2cncc(-c3ccc(N4CC5C[C@H]5C4)nc3)n2)n(C)c1=O. The second-order valence-electron chi connectivity index (χ2n) is 10.5. The number of nitrogens with one attached hydrogen (secondary N) is 1. The minimum atomic E-state index is -0.911. The number of methoxy groups -OCH3 is 1. The number of ketones is 1. The van der Waals surface area contributed by atoms with Gasteiger partial charge in [-0.1, -0.05) is 0 Å². The van der Waals surface area contributed by atoms with Crippen molar-refractivity contribution in [2.45, 2.75) is 25.9 Å². The van der Waals surface area contributed by atoms with Crippen molar-refractivity contribution < 1.29 is 14.3 Å². The molecule has 0 radical (unpaired) electrons. The summed E-state index contributed by atoms with van der Waals surface area (Å²) < 4.78 is 8.16. The van der Waals surface area contributed by atoms with Gasteiger partial charge in [0.05, 0.1) is 31.0 Å². The topological polar surface area (TPSA) is 159 Å². The van der Waals surface area contributed by atoms with Gasteiger partial charge in [-0.25, -0.2) is 19.7 Å². The van der Waals surface area contributed by atoms with Gasteiger partial charge in [-0.15, -0.1) is 0 Å². The van der Waals surface area contributed by atoms with Crippen LogP contribution in [-0.2, 0) is 27.9 Å². The molecule has 5 heterocycles. The minimum absolute atomic E-state index is 0.0151. The van der Waals surface area contributed by atoms with Crippen molar-refractivity contribution in [1.29, 1.82) is 0 Å². The monoisotopic (exact) mass is 559 g/mol. The molecule has 4 aromatic rings. The number of imidazole rings is 1. The summed E-state index contributed by atoms with van der Waals surface area (Å²) in [6.07, 6.45) is 7.42. The molecule has 14 nitrogen and oxygen atoms in total. The summed E-state index contributed by atoms with van der Waals surface area (Å²) in [5.41, 5.74) is -0.000254. The lowest BCUT2D eigenvalue weighted by Gasteiger charge is -2.19. The third-order valence-electron chi connectivity index (χ3n) is 7.73. The Hall–Kier alpha value is -4.72. The number of nitrogens with zero attached hydrogens (tertiary/aromatic N) is 8. The second kappa shape index (κ2) is 10.4. The van der Waals surface area contributed by atoms with Gasteiger partial charge < -0.3 is 19.5 Å². The lowest BCUT2D eigenvalue weighted by Crippen LogP contribution is -2.42. The molecule has 212 valence electrons. The maximum atomic E-state index is 13.3. The quantitative estimate of drug-likeness (QED) is 0.308. The number of carbonyl (C=O) groups excluding carboxylic acids is 2. The van der Waals surface area contributed by atoms with Crippen LogP contribution in [0.15, 0.2) is 46.6 Å². The number of Topliss-reactive ketones (excluding diaryl/α,β-unsaturated/α-hetero) is 1. The number of ether oxygens (including phenoxy) is 1. The predicted octanol–water partition coefficient (Wildman–Crippen LogP) is 0.620. The van der Waals surface area contributed by atoms with Crippen molar-refractivity contribution in [3.63, 3.8) is 0 Å². The van der Waals surface area contributed by atoms with Crippen LogP contribution in [-0.4, -0.2) is 72.1 Å². The number of carbonyl (C=O) groups is 2. The van der Waals surface area contributed by atoms with Gasteiger partial charge in [0.25, 0.3) is 5.56 Å². The third-order valence-corrected chi connectivity index (χ3v) is 7.73. The van der Waals surface area contributed by atoms with Crippen molar-refractivity contribution in [3.05, 3.63) is 57.9 Å². The first-order valence-electron chi connectivity index (χ1n) is 13.3. The molecule has 3 atom stereocenters. The summed E-state index contributed by atoms with van der Waals surface area (Å²) in [6, 6.07) is 3.00. The van der Waals surface area contributed by atoms with E-state index in [1.807, 2.05) is 12.1 Å². The van der Waals surface area contributed by atoms with E-state index in [0.717, 1.165) is 40.9 Å². The van der Waals surface area contributed by atoms with Crippen molar-refractivity contribution in [1.82, 2.24) is 33.6 Å². The average molecular weight is 560 g/mol. The molecule has 1 unspecified atom stereocenters. The Labute approximate surface area is 233 Å². The maximum Gasteiger partial charge on any atom is 0.332 e. The summed E-state index contributed by atoms with van der Waals surface area (Å²) in [5, 5.41) is 2.74. The summed E-state index contributed by atoms with van der Waals surface area (Å²) in [5.74, 6) is 1.86. The van der Waals surface area contributed by atoms with Crippen LogP contribution in [0.25, 0.3) is 22.4 Å². The molecule has 1 N–H and O–H groups in total. The third kappa shape index (κ3) is 4.90. The summed E-state index contributed by atoms with van der Waals surface area (Å²) in [7, 11) is 2.79. The van der Waals surface area contributed by atoms with Crippen molar-refractivity contribution in [3.8, 4) is 11.3 Å². The van der Waals surface area contributed by atoms with Crippen LogP contribution in [0.1, 0.15) is 19.4 Å².